The van der Waals surface area contributed by atoms with E-state index >= 15 is 0 Å². The number of hydrogen-bond acceptors (Lipinski definition) is 2. The van der Waals surface area contributed by atoms with Gasteiger partial charge in [0.2, 0.25) is 5.91 Å². The summed E-state index contributed by atoms with van der Waals surface area (Å²) in [6, 6.07) is 7.09. The van der Waals surface area contributed by atoms with Crippen molar-refractivity contribution in [1.82, 2.24) is 5.32 Å². The molecule has 2 atom stereocenters. The SMILES string of the molecule is CCCC(C)C(=O)Nc1cccc(NC(=O)NC(C)CC(C)C)c1. The summed E-state index contributed by atoms with van der Waals surface area (Å²) < 4.78 is 0. The molecule has 0 saturated heterocycles. The summed E-state index contributed by atoms with van der Waals surface area (Å²) in [5, 5.41) is 8.63. The molecule has 0 aliphatic carbocycles. The summed E-state index contributed by atoms with van der Waals surface area (Å²) in [4.78, 5) is 24.1. The first kappa shape index (κ1) is 20.0. The Kier molecular flexibility index (Phi) is 8.30. The van der Waals surface area contributed by atoms with Crippen LogP contribution in [0.2, 0.25) is 0 Å². The lowest BCUT2D eigenvalue weighted by Crippen LogP contribution is -2.36. The Morgan fingerprint density at radius 2 is 1.67 bits per heavy atom. The van der Waals surface area contributed by atoms with Gasteiger partial charge in [0.1, 0.15) is 0 Å². The molecule has 3 amide bonds. The van der Waals surface area contributed by atoms with Crippen molar-refractivity contribution in [3.8, 4) is 0 Å². The van der Waals surface area contributed by atoms with Crippen LogP contribution in [0.25, 0.3) is 0 Å². The van der Waals surface area contributed by atoms with Crippen molar-refractivity contribution in [2.75, 3.05) is 10.6 Å². The zero-order valence-electron chi connectivity index (χ0n) is 15.5. The van der Waals surface area contributed by atoms with Crippen molar-refractivity contribution in [1.29, 1.82) is 0 Å². The van der Waals surface area contributed by atoms with Crippen LogP contribution in [0, 0.1) is 11.8 Å². The average molecular weight is 333 g/mol. The quantitative estimate of drug-likeness (QED) is 0.650. The third kappa shape index (κ3) is 7.49. The second-order valence-corrected chi connectivity index (χ2v) is 6.89. The van der Waals surface area contributed by atoms with Crippen LogP contribution in [0.4, 0.5) is 16.2 Å². The van der Waals surface area contributed by atoms with E-state index in [9.17, 15) is 9.59 Å². The predicted octanol–water partition coefficient (Wildman–Crippen LogP) is 4.62. The maximum absolute atomic E-state index is 12.1. The van der Waals surface area contributed by atoms with E-state index in [1.807, 2.05) is 26.0 Å². The molecule has 5 heteroatoms. The Labute approximate surface area is 145 Å². The van der Waals surface area contributed by atoms with Crippen molar-refractivity contribution in [2.45, 2.75) is 59.9 Å². The van der Waals surface area contributed by atoms with Crippen LogP contribution in [0.5, 0.6) is 0 Å². The Bertz CT molecular complexity index is 543. The van der Waals surface area contributed by atoms with Crippen molar-refractivity contribution in [3.05, 3.63) is 24.3 Å². The average Bonchev–Trinajstić information content (AvgIpc) is 2.46. The van der Waals surface area contributed by atoms with E-state index in [0.29, 0.717) is 17.3 Å². The Balaban J connectivity index is 2.59. The molecule has 0 radical (unpaired) electrons. The van der Waals surface area contributed by atoms with Crippen molar-refractivity contribution >= 4 is 23.3 Å². The highest BCUT2D eigenvalue weighted by atomic mass is 16.2. The largest absolute Gasteiger partial charge is 0.335 e. The van der Waals surface area contributed by atoms with Gasteiger partial charge in [-0.3, -0.25) is 4.79 Å². The lowest BCUT2D eigenvalue weighted by molar-refractivity contribution is -0.119. The van der Waals surface area contributed by atoms with E-state index in [2.05, 4.69) is 36.7 Å². The zero-order valence-corrected chi connectivity index (χ0v) is 15.5. The highest BCUT2D eigenvalue weighted by Gasteiger charge is 2.13. The number of carbonyl (C=O) groups excluding carboxylic acids is 2. The molecule has 1 aromatic rings. The van der Waals surface area contributed by atoms with E-state index in [4.69, 9.17) is 0 Å². The summed E-state index contributed by atoms with van der Waals surface area (Å²) in [7, 11) is 0. The summed E-state index contributed by atoms with van der Waals surface area (Å²) in [5.41, 5.74) is 1.35. The smallest absolute Gasteiger partial charge is 0.319 e. The maximum atomic E-state index is 12.1. The van der Waals surface area contributed by atoms with Gasteiger partial charge < -0.3 is 16.0 Å². The number of rotatable bonds is 8. The second-order valence-electron chi connectivity index (χ2n) is 6.89. The molecule has 1 rings (SSSR count). The Hall–Kier alpha value is -2.04. The summed E-state index contributed by atoms with van der Waals surface area (Å²) >= 11 is 0. The number of urea groups is 1. The molecular formula is C19H31N3O2. The first-order valence-electron chi connectivity index (χ1n) is 8.80. The number of benzene rings is 1. The van der Waals surface area contributed by atoms with Crippen molar-refractivity contribution in [2.24, 2.45) is 11.8 Å². The number of carbonyl (C=O) groups is 2. The van der Waals surface area contributed by atoms with Crippen molar-refractivity contribution in [3.63, 3.8) is 0 Å². The number of nitrogens with one attached hydrogen (secondary N) is 3. The minimum absolute atomic E-state index is 0.00371. The maximum Gasteiger partial charge on any atom is 0.319 e. The van der Waals surface area contributed by atoms with Gasteiger partial charge in [0, 0.05) is 23.3 Å². The second kappa shape index (κ2) is 9.96. The van der Waals surface area contributed by atoms with Crippen LogP contribution >= 0.6 is 0 Å². The molecule has 0 spiro atoms. The third-order valence-corrected chi connectivity index (χ3v) is 3.76. The molecular weight excluding hydrogens is 302 g/mol. The molecule has 0 aromatic heterocycles. The molecule has 0 bridgehead atoms. The summed E-state index contributed by atoms with van der Waals surface area (Å²) in [5.74, 6) is 0.514. The van der Waals surface area contributed by atoms with Gasteiger partial charge in [0.15, 0.2) is 0 Å². The zero-order chi connectivity index (χ0) is 18.1. The van der Waals surface area contributed by atoms with Crippen molar-refractivity contribution < 1.29 is 9.59 Å². The van der Waals surface area contributed by atoms with Gasteiger partial charge in [-0.1, -0.05) is 40.2 Å². The van der Waals surface area contributed by atoms with Crippen LogP contribution in [0.1, 0.15) is 53.9 Å². The van der Waals surface area contributed by atoms with E-state index < -0.39 is 0 Å². The first-order chi connectivity index (χ1) is 11.3. The minimum atomic E-state index is -0.231. The molecule has 1 aromatic carbocycles. The normalized spacial score (nSPS) is 13.2. The topological polar surface area (TPSA) is 70.2 Å². The first-order valence-corrected chi connectivity index (χ1v) is 8.80. The highest BCUT2D eigenvalue weighted by molar-refractivity contribution is 5.94. The van der Waals surface area contributed by atoms with Gasteiger partial charge in [0.05, 0.1) is 0 Å². The fourth-order valence-electron chi connectivity index (χ4n) is 2.66. The highest BCUT2D eigenvalue weighted by Crippen LogP contribution is 2.17. The third-order valence-electron chi connectivity index (χ3n) is 3.76. The molecule has 24 heavy (non-hydrogen) atoms. The molecule has 5 nitrogen and oxygen atoms in total. The van der Waals surface area contributed by atoms with Gasteiger partial charge in [0.25, 0.3) is 0 Å². The molecule has 0 fully saturated rings. The fraction of sp³-hybridized carbons (Fsp3) is 0.579. The molecule has 0 aliphatic rings. The summed E-state index contributed by atoms with van der Waals surface area (Å²) in [6.45, 7) is 10.2. The van der Waals surface area contributed by atoms with E-state index in [0.717, 1.165) is 19.3 Å². The van der Waals surface area contributed by atoms with Crippen LogP contribution in [0.3, 0.4) is 0 Å². The fourth-order valence-corrected chi connectivity index (χ4v) is 2.66. The van der Waals surface area contributed by atoms with Crippen LogP contribution < -0.4 is 16.0 Å². The minimum Gasteiger partial charge on any atom is -0.335 e. The lowest BCUT2D eigenvalue weighted by atomic mass is 10.1. The van der Waals surface area contributed by atoms with Crippen LogP contribution in [0.15, 0.2) is 24.3 Å². The Morgan fingerprint density at radius 3 is 2.25 bits per heavy atom. The van der Waals surface area contributed by atoms with Gasteiger partial charge in [-0.15, -0.1) is 0 Å². The molecule has 2 unspecified atom stereocenters. The molecule has 0 heterocycles. The van der Waals surface area contributed by atoms with E-state index in [1.165, 1.54) is 0 Å². The molecule has 0 saturated carbocycles. The van der Waals surface area contributed by atoms with E-state index in [-0.39, 0.29) is 23.9 Å². The lowest BCUT2D eigenvalue weighted by Gasteiger charge is -2.17. The van der Waals surface area contributed by atoms with Crippen LogP contribution in [-0.4, -0.2) is 18.0 Å². The van der Waals surface area contributed by atoms with Gasteiger partial charge in [-0.05, 0) is 43.9 Å². The summed E-state index contributed by atoms with van der Waals surface area (Å²) in [6.07, 6.45) is 2.77. The van der Waals surface area contributed by atoms with Crippen LogP contribution in [-0.2, 0) is 4.79 Å². The Morgan fingerprint density at radius 1 is 1.04 bits per heavy atom. The van der Waals surface area contributed by atoms with E-state index in [1.54, 1.807) is 12.1 Å². The standard InChI is InChI=1S/C19H31N3O2/c1-6-8-14(4)18(23)21-16-9-7-10-17(12-16)22-19(24)20-15(5)11-13(2)3/h7,9-10,12-15H,6,8,11H2,1-5H3,(H,21,23)(H2,20,22,24). The van der Waals surface area contributed by atoms with Gasteiger partial charge in [-0.25, -0.2) is 4.79 Å². The number of hydrogen-bond donors (Lipinski definition) is 3. The number of amides is 3. The predicted molar refractivity (Wildman–Crippen MR) is 100 cm³/mol. The van der Waals surface area contributed by atoms with Gasteiger partial charge in [-0.2, -0.15) is 0 Å². The molecule has 134 valence electrons. The molecule has 3 N–H and O–H groups in total. The number of anilines is 2. The molecule has 0 aliphatic heterocycles. The van der Waals surface area contributed by atoms with Gasteiger partial charge >= 0.3 is 6.03 Å². The monoisotopic (exact) mass is 333 g/mol.